The third kappa shape index (κ3) is 3.81. The maximum absolute atomic E-state index is 13.5. The summed E-state index contributed by atoms with van der Waals surface area (Å²) in [7, 11) is 1.56. The Morgan fingerprint density at radius 2 is 1.97 bits per heavy atom. The predicted molar refractivity (Wildman–Crippen MR) is 110 cm³/mol. The van der Waals surface area contributed by atoms with Gasteiger partial charge in [0.2, 0.25) is 17.7 Å². The van der Waals surface area contributed by atoms with Crippen LogP contribution in [0, 0.1) is 11.8 Å². The van der Waals surface area contributed by atoms with E-state index in [2.05, 4.69) is 26.6 Å². The molecule has 1 spiro atoms. The number of carbonyl (C=O) groups excluding carboxylic acids is 3. The van der Waals surface area contributed by atoms with Gasteiger partial charge in [-0.2, -0.15) is 0 Å². The van der Waals surface area contributed by atoms with Crippen molar-refractivity contribution in [1.29, 1.82) is 0 Å². The molecule has 0 aromatic rings. The molecule has 0 radical (unpaired) electrons. The number of nitrogens with one attached hydrogen (secondary N) is 2. The normalized spacial score (nSPS) is 35.7. The summed E-state index contributed by atoms with van der Waals surface area (Å²) in [4.78, 5) is 41.0. The SMILES string of the molecule is CNC(=O)[C@H]1[C@H]2C(=O)N(CCCCCO)C(C(=O)NC(C)(C)C)C23CC(Br)[C@@H]1O3. The first-order valence-corrected chi connectivity index (χ1v) is 11.3. The lowest BCUT2D eigenvalue weighted by molar-refractivity contribution is -0.142. The summed E-state index contributed by atoms with van der Waals surface area (Å²) < 4.78 is 6.34. The molecular formula is C20H32BrN3O5. The number of alkyl halides is 1. The van der Waals surface area contributed by atoms with E-state index in [-0.39, 0.29) is 29.2 Å². The highest BCUT2D eigenvalue weighted by atomic mass is 79.9. The van der Waals surface area contributed by atoms with E-state index in [9.17, 15) is 14.4 Å². The second-order valence-corrected chi connectivity index (χ2v) is 10.5. The number of rotatable bonds is 7. The number of aliphatic hydroxyl groups is 1. The number of likely N-dealkylation sites (tertiary alicyclic amines) is 1. The quantitative estimate of drug-likeness (QED) is 0.369. The van der Waals surface area contributed by atoms with Gasteiger partial charge in [0.25, 0.3) is 0 Å². The zero-order valence-electron chi connectivity index (χ0n) is 17.5. The van der Waals surface area contributed by atoms with Crippen molar-refractivity contribution in [2.45, 2.75) is 74.6 Å². The first-order valence-electron chi connectivity index (χ1n) is 10.3. The van der Waals surface area contributed by atoms with E-state index >= 15 is 0 Å². The van der Waals surface area contributed by atoms with Crippen molar-refractivity contribution in [3.63, 3.8) is 0 Å². The lowest BCUT2D eigenvalue weighted by Crippen LogP contribution is -2.58. The molecule has 3 saturated heterocycles. The van der Waals surface area contributed by atoms with E-state index < -0.39 is 35.1 Å². The highest BCUT2D eigenvalue weighted by Gasteiger charge is 2.76. The van der Waals surface area contributed by atoms with Crippen LogP contribution in [0.2, 0.25) is 0 Å². The van der Waals surface area contributed by atoms with Crippen LogP contribution in [0.5, 0.6) is 0 Å². The number of carbonyl (C=O) groups is 3. The number of aliphatic hydroxyl groups excluding tert-OH is 1. The number of amides is 3. The standard InChI is InChI=1S/C20H32BrN3O5/c1-19(2,3)23-17(27)15-20-10-11(21)14(29-20)12(16(26)22-4)13(20)18(28)24(15)8-6-5-7-9-25/h11-15,25H,5-10H2,1-4H3,(H,22,26)(H,23,27)/t11?,12-,13-,14-,15?,20?/m0/s1. The fourth-order valence-corrected chi connectivity index (χ4v) is 6.09. The van der Waals surface area contributed by atoms with Gasteiger partial charge in [0.1, 0.15) is 11.6 Å². The van der Waals surface area contributed by atoms with Gasteiger partial charge in [-0.05, 0) is 46.5 Å². The number of fused-ring (bicyclic) bond motifs is 1. The van der Waals surface area contributed by atoms with E-state index in [0.717, 1.165) is 6.42 Å². The van der Waals surface area contributed by atoms with Crippen molar-refractivity contribution in [2.24, 2.45) is 11.8 Å². The minimum Gasteiger partial charge on any atom is -0.396 e. The molecular weight excluding hydrogens is 442 g/mol. The molecule has 3 fully saturated rings. The van der Waals surface area contributed by atoms with Gasteiger partial charge in [0, 0.05) is 30.6 Å². The Hall–Kier alpha value is -1.19. The highest BCUT2D eigenvalue weighted by molar-refractivity contribution is 9.09. The number of nitrogens with zero attached hydrogens (tertiary/aromatic N) is 1. The first-order chi connectivity index (χ1) is 13.6. The van der Waals surface area contributed by atoms with Crippen molar-refractivity contribution >= 4 is 33.7 Å². The van der Waals surface area contributed by atoms with Crippen molar-refractivity contribution in [1.82, 2.24) is 15.5 Å². The van der Waals surface area contributed by atoms with Crippen LogP contribution < -0.4 is 10.6 Å². The Morgan fingerprint density at radius 3 is 2.55 bits per heavy atom. The fraction of sp³-hybridized carbons (Fsp3) is 0.850. The monoisotopic (exact) mass is 473 g/mol. The Morgan fingerprint density at radius 1 is 1.28 bits per heavy atom. The summed E-state index contributed by atoms with van der Waals surface area (Å²) in [5.41, 5.74) is -1.46. The lowest BCUT2D eigenvalue weighted by Gasteiger charge is -2.35. The van der Waals surface area contributed by atoms with Gasteiger partial charge in [-0.3, -0.25) is 14.4 Å². The molecule has 2 bridgehead atoms. The molecule has 0 aromatic heterocycles. The molecule has 0 aromatic carbocycles. The molecule has 29 heavy (non-hydrogen) atoms. The summed E-state index contributed by atoms with van der Waals surface area (Å²) in [5.74, 6) is -1.92. The smallest absolute Gasteiger partial charge is 0.246 e. The van der Waals surface area contributed by atoms with E-state index in [1.807, 2.05) is 20.8 Å². The third-order valence-corrected chi connectivity index (χ3v) is 6.99. The zero-order valence-corrected chi connectivity index (χ0v) is 19.1. The van der Waals surface area contributed by atoms with Gasteiger partial charge >= 0.3 is 0 Å². The number of hydrogen-bond donors (Lipinski definition) is 3. The van der Waals surface area contributed by atoms with Gasteiger partial charge in [-0.25, -0.2) is 0 Å². The highest BCUT2D eigenvalue weighted by Crippen LogP contribution is 2.60. The second kappa shape index (κ2) is 8.15. The van der Waals surface area contributed by atoms with Gasteiger partial charge in [-0.15, -0.1) is 0 Å². The van der Waals surface area contributed by atoms with Gasteiger partial charge < -0.3 is 25.4 Å². The van der Waals surface area contributed by atoms with Crippen LogP contribution in [0.4, 0.5) is 0 Å². The van der Waals surface area contributed by atoms with Crippen LogP contribution in [-0.2, 0) is 19.1 Å². The maximum atomic E-state index is 13.5. The summed E-state index contributed by atoms with van der Waals surface area (Å²) in [6, 6.07) is -0.770. The number of unbranched alkanes of at least 4 members (excludes halogenated alkanes) is 2. The first kappa shape index (κ1) is 22.5. The molecule has 3 aliphatic heterocycles. The maximum Gasteiger partial charge on any atom is 0.246 e. The molecule has 3 N–H and O–H groups in total. The Bertz CT molecular complexity index is 682. The van der Waals surface area contributed by atoms with Crippen LogP contribution in [-0.4, -0.2) is 76.0 Å². The van der Waals surface area contributed by atoms with Crippen molar-refractivity contribution < 1.29 is 24.2 Å². The summed E-state index contributed by atoms with van der Waals surface area (Å²) in [5, 5.41) is 14.7. The molecule has 9 heteroatoms. The molecule has 3 heterocycles. The van der Waals surface area contributed by atoms with Gasteiger partial charge in [0.05, 0.1) is 17.9 Å². The topological polar surface area (TPSA) is 108 Å². The van der Waals surface area contributed by atoms with Crippen LogP contribution in [0.25, 0.3) is 0 Å². The minimum atomic E-state index is -1.00. The van der Waals surface area contributed by atoms with Crippen LogP contribution in [0.1, 0.15) is 46.5 Å². The number of hydrogen-bond acceptors (Lipinski definition) is 5. The molecule has 3 rings (SSSR count). The van der Waals surface area contributed by atoms with E-state index in [4.69, 9.17) is 9.84 Å². The molecule has 6 atom stereocenters. The van der Waals surface area contributed by atoms with E-state index in [0.29, 0.717) is 25.8 Å². The molecule has 8 nitrogen and oxygen atoms in total. The van der Waals surface area contributed by atoms with Crippen LogP contribution >= 0.6 is 15.9 Å². The van der Waals surface area contributed by atoms with Gasteiger partial charge in [-0.1, -0.05) is 15.9 Å². The van der Waals surface area contributed by atoms with Crippen molar-refractivity contribution in [3.05, 3.63) is 0 Å². The number of ether oxygens (including phenoxy) is 1. The third-order valence-electron chi connectivity index (χ3n) is 6.14. The average Bonchev–Trinajstić information content (AvgIpc) is 3.20. The van der Waals surface area contributed by atoms with E-state index in [1.54, 1.807) is 11.9 Å². The van der Waals surface area contributed by atoms with Crippen molar-refractivity contribution in [3.8, 4) is 0 Å². The Kier molecular flexibility index (Phi) is 6.32. The largest absolute Gasteiger partial charge is 0.396 e. The molecule has 3 unspecified atom stereocenters. The summed E-state index contributed by atoms with van der Waals surface area (Å²) in [6.45, 7) is 6.20. The number of halogens is 1. The molecule has 3 amide bonds. The Labute approximate surface area is 180 Å². The molecule has 164 valence electrons. The molecule has 0 aliphatic carbocycles. The summed E-state index contributed by atoms with van der Waals surface area (Å²) in [6.07, 6.45) is 2.18. The summed E-state index contributed by atoms with van der Waals surface area (Å²) >= 11 is 3.62. The van der Waals surface area contributed by atoms with Crippen LogP contribution in [0.15, 0.2) is 0 Å². The van der Waals surface area contributed by atoms with Crippen molar-refractivity contribution in [2.75, 3.05) is 20.2 Å². The predicted octanol–water partition coefficient (Wildman–Crippen LogP) is 0.558. The second-order valence-electron chi connectivity index (χ2n) is 9.33. The molecule has 3 aliphatic rings. The average molecular weight is 474 g/mol. The molecule has 0 saturated carbocycles. The fourth-order valence-electron chi connectivity index (χ4n) is 5.15. The van der Waals surface area contributed by atoms with E-state index in [1.165, 1.54) is 0 Å². The zero-order chi connectivity index (χ0) is 21.6. The van der Waals surface area contributed by atoms with Gasteiger partial charge in [0.15, 0.2) is 0 Å². The Balaban J connectivity index is 1.96. The lowest BCUT2D eigenvalue weighted by atomic mass is 9.70. The minimum absolute atomic E-state index is 0.0897. The van der Waals surface area contributed by atoms with Crippen LogP contribution in [0.3, 0.4) is 0 Å².